The van der Waals surface area contributed by atoms with Crippen LogP contribution in [0.3, 0.4) is 0 Å². The number of amides is 2. The van der Waals surface area contributed by atoms with Crippen molar-refractivity contribution >= 4 is 29.2 Å². The molecule has 1 aliphatic heterocycles. The first kappa shape index (κ1) is 22.1. The summed E-state index contributed by atoms with van der Waals surface area (Å²) in [6.07, 6.45) is -0.608. The lowest BCUT2D eigenvalue weighted by atomic mass is 9.93. The Kier molecular flexibility index (Phi) is 6.07. The summed E-state index contributed by atoms with van der Waals surface area (Å²) in [5.74, 6) is 0. The van der Waals surface area contributed by atoms with Crippen LogP contribution >= 0.6 is 11.3 Å². The van der Waals surface area contributed by atoms with Gasteiger partial charge in [-0.05, 0) is 53.1 Å². The monoisotopic (exact) mass is 448 g/mol. The van der Waals surface area contributed by atoms with E-state index in [9.17, 15) is 9.59 Å². The number of fused-ring (bicyclic) bond motifs is 1. The number of hydrogen-bond donors (Lipinski definition) is 1. The van der Waals surface area contributed by atoms with E-state index in [-0.39, 0.29) is 5.41 Å². The van der Waals surface area contributed by atoms with Crippen LogP contribution in [0.15, 0.2) is 54.6 Å². The number of carbonyl (C=O) groups is 2. The number of ether oxygens (including phenoxy) is 1. The Morgan fingerprint density at radius 1 is 1.06 bits per heavy atom. The van der Waals surface area contributed by atoms with Crippen LogP contribution in [0.4, 0.5) is 15.3 Å². The van der Waals surface area contributed by atoms with Gasteiger partial charge < -0.3 is 9.64 Å². The fourth-order valence-electron chi connectivity index (χ4n) is 3.83. The SMILES string of the molecule is Cc1c(NC(=O)OC(=O)N2CCc3cc(C(C)(C)C)sc3C2)cccc1-c1ccccc1. The second-order valence-electron chi connectivity index (χ2n) is 9.11. The van der Waals surface area contributed by atoms with Gasteiger partial charge in [0.2, 0.25) is 0 Å². The van der Waals surface area contributed by atoms with Gasteiger partial charge in [0.25, 0.3) is 0 Å². The Morgan fingerprint density at radius 3 is 2.53 bits per heavy atom. The molecule has 0 radical (unpaired) electrons. The first-order valence-corrected chi connectivity index (χ1v) is 11.6. The average Bonchev–Trinajstić information content (AvgIpc) is 3.20. The number of hydrogen-bond acceptors (Lipinski definition) is 4. The van der Waals surface area contributed by atoms with Crippen molar-refractivity contribution in [2.24, 2.45) is 0 Å². The smallest absolute Gasteiger partial charge is 0.359 e. The molecule has 166 valence electrons. The topological polar surface area (TPSA) is 58.6 Å². The van der Waals surface area contributed by atoms with Crippen LogP contribution in [-0.2, 0) is 23.1 Å². The summed E-state index contributed by atoms with van der Waals surface area (Å²) in [5, 5.41) is 2.73. The summed E-state index contributed by atoms with van der Waals surface area (Å²) < 4.78 is 5.13. The lowest BCUT2D eigenvalue weighted by molar-refractivity contribution is 0.120. The van der Waals surface area contributed by atoms with Crippen LogP contribution in [0.25, 0.3) is 11.1 Å². The molecule has 32 heavy (non-hydrogen) atoms. The minimum Gasteiger partial charge on any atom is -0.359 e. The molecule has 0 saturated carbocycles. The Balaban J connectivity index is 1.41. The van der Waals surface area contributed by atoms with E-state index in [0.29, 0.717) is 18.8 Å². The fraction of sp³-hybridized carbons (Fsp3) is 0.308. The molecule has 1 N–H and O–H groups in total. The van der Waals surface area contributed by atoms with Crippen molar-refractivity contribution in [3.8, 4) is 11.1 Å². The molecule has 3 aromatic rings. The number of anilines is 1. The third kappa shape index (κ3) is 4.70. The number of benzene rings is 2. The van der Waals surface area contributed by atoms with Crippen molar-refractivity contribution in [3.63, 3.8) is 0 Å². The largest absolute Gasteiger partial charge is 0.420 e. The summed E-state index contributed by atoms with van der Waals surface area (Å²) in [5.41, 5.74) is 5.00. The average molecular weight is 449 g/mol. The van der Waals surface area contributed by atoms with E-state index in [1.165, 1.54) is 15.3 Å². The van der Waals surface area contributed by atoms with E-state index >= 15 is 0 Å². The minimum absolute atomic E-state index is 0.0827. The molecule has 2 heterocycles. The predicted molar refractivity (Wildman–Crippen MR) is 129 cm³/mol. The van der Waals surface area contributed by atoms with Crippen molar-refractivity contribution < 1.29 is 14.3 Å². The van der Waals surface area contributed by atoms with Crippen LogP contribution in [0, 0.1) is 6.92 Å². The molecule has 1 aromatic heterocycles. The molecule has 4 rings (SSSR count). The number of nitrogens with one attached hydrogen (secondary N) is 1. The Labute approximate surface area is 193 Å². The van der Waals surface area contributed by atoms with Crippen LogP contribution < -0.4 is 5.32 Å². The van der Waals surface area contributed by atoms with E-state index in [1.54, 1.807) is 22.3 Å². The van der Waals surface area contributed by atoms with Gasteiger partial charge in [0.15, 0.2) is 0 Å². The van der Waals surface area contributed by atoms with Crippen molar-refractivity contribution in [3.05, 3.63) is 75.5 Å². The van der Waals surface area contributed by atoms with Crippen molar-refractivity contribution in [1.82, 2.24) is 4.90 Å². The molecule has 0 aliphatic carbocycles. The molecular formula is C26H28N2O3S. The fourth-order valence-corrected chi connectivity index (χ4v) is 5.11. The molecule has 0 spiro atoms. The molecule has 2 amide bonds. The molecule has 1 aliphatic rings. The lowest BCUT2D eigenvalue weighted by Crippen LogP contribution is -2.37. The summed E-state index contributed by atoms with van der Waals surface area (Å²) in [6.45, 7) is 9.53. The Hall–Kier alpha value is -3.12. The molecule has 0 saturated heterocycles. The first-order valence-electron chi connectivity index (χ1n) is 10.8. The zero-order valence-electron chi connectivity index (χ0n) is 18.9. The minimum atomic E-state index is -0.768. The maximum absolute atomic E-state index is 12.6. The molecule has 0 fully saturated rings. The number of rotatable bonds is 2. The quantitative estimate of drug-likeness (QED) is 0.441. The van der Waals surface area contributed by atoms with Gasteiger partial charge in [0.05, 0.1) is 6.54 Å². The van der Waals surface area contributed by atoms with Gasteiger partial charge in [-0.25, -0.2) is 9.59 Å². The second-order valence-corrected chi connectivity index (χ2v) is 10.2. The van der Waals surface area contributed by atoms with Gasteiger partial charge in [-0.3, -0.25) is 5.32 Å². The van der Waals surface area contributed by atoms with E-state index in [0.717, 1.165) is 23.1 Å². The van der Waals surface area contributed by atoms with Gasteiger partial charge in [-0.2, -0.15) is 0 Å². The summed E-state index contributed by atoms with van der Waals surface area (Å²) in [4.78, 5) is 29.2. The van der Waals surface area contributed by atoms with Crippen molar-refractivity contribution in [1.29, 1.82) is 0 Å². The molecule has 6 heteroatoms. The summed E-state index contributed by atoms with van der Waals surface area (Å²) >= 11 is 1.74. The maximum atomic E-state index is 12.6. The van der Waals surface area contributed by atoms with E-state index < -0.39 is 12.2 Å². The zero-order valence-corrected chi connectivity index (χ0v) is 19.7. The maximum Gasteiger partial charge on any atom is 0.420 e. The van der Waals surface area contributed by atoms with Crippen LogP contribution in [0.5, 0.6) is 0 Å². The van der Waals surface area contributed by atoms with Crippen molar-refractivity contribution in [2.75, 3.05) is 11.9 Å². The van der Waals surface area contributed by atoms with Crippen LogP contribution in [-0.4, -0.2) is 23.6 Å². The zero-order chi connectivity index (χ0) is 22.9. The summed E-state index contributed by atoms with van der Waals surface area (Å²) in [7, 11) is 0. The third-order valence-electron chi connectivity index (χ3n) is 5.71. The highest BCUT2D eigenvalue weighted by Crippen LogP contribution is 2.35. The van der Waals surface area contributed by atoms with Gasteiger partial charge in [-0.15, -0.1) is 11.3 Å². The molecule has 0 atom stereocenters. The molecular weight excluding hydrogens is 420 g/mol. The highest BCUT2D eigenvalue weighted by atomic mass is 32.1. The van der Waals surface area contributed by atoms with Gasteiger partial charge >= 0.3 is 12.2 Å². The third-order valence-corrected chi connectivity index (χ3v) is 7.30. The first-order chi connectivity index (χ1) is 15.2. The van der Waals surface area contributed by atoms with Gasteiger partial charge in [0, 0.05) is 22.0 Å². The molecule has 0 unspecified atom stereocenters. The normalized spacial score (nSPS) is 13.4. The molecule has 0 bridgehead atoms. The number of thiophene rings is 1. The predicted octanol–water partition coefficient (Wildman–Crippen LogP) is 6.75. The molecule has 5 nitrogen and oxygen atoms in total. The highest BCUT2D eigenvalue weighted by Gasteiger charge is 2.28. The van der Waals surface area contributed by atoms with Gasteiger partial charge in [-0.1, -0.05) is 63.2 Å². The molecule has 2 aromatic carbocycles. The van der Waals surface area contributed by atoms with Gasteiger partial charge in [0.1, 0.15) is 0 Å². The Morgan fingerprint density at radius 2 is 1.81 bits per heavy atom. The number of carbonyl (C=O) groups excluding carboxylic acids is 2. The van der Waals surface area contributed by atoms with Crippen LogP contribution in [0.2, 0.25) is 0 Å². The van der Waals surface area contributed by atoms with E-state index in [4.69, 9.17) is 4.74 Å². The highest BCUT2D eigenvalue weighted by molar-refractivity contribution is 7.12. The van der Waals surface area contributed by atoms with Crippen LogP contribution in [0.1, 0.15) is 41.7 Å². The van der Waals surface area contributed by atoms with Crippen molar-refractivity contribution in [2.45, 2.75) is 46.1 Å². The standard InChI is InChI=1S/C26H28N2O3S/c1-17-20(18-9-6-5-7-10-18)11-8-12-21(17)27-24(29)31-25(30)28-14-13-19-15-23(26(2,3)4)32-22(19)16-28/h5-12,15H,13-14,16H2,1-4H3,(H,27,29). The van der Waals surface area contributed by atoms with E-state index in [1.807, 2.05) is 49.4 Å². The Bertz CT molecular complexity index is 1150. The number of nitrogens with zero attached hydrogens (tertiary/aromatic N) is 1. The second kappa shape index (κ2) is 8.79. The van der Waals surface area contributed by atoms with E-state index in [2.05, 4.69) is 32.2 Å². The lowest BCUT2D eigenvalue weighted by Gasteiger charge is -2.25. The summed E-state index contributed by atoms with van der Waals surface area (Å²) in [6, 6.07) is 17.9.